The van der Waals surface area contributed by atoms with Crippen LogP contribution in [0.1, 0.15) is 25.0 Å². The first-order valence-corrected chi connectivity index (χ1v) is 12.1. The van der Waals surface area contributed by atoms with Crippen molar-refractivity contribution >= 4 is 0 Å². The highest BCUT2D eigenvalue weighted by molar-refractivity contribution is 5.85. The van der Waals surface area contributed by atoms with Crippen molar-refractivity contribution in [3.63, 3.8) is 0 Å². The van der Waals surface area contributed by atoms with E-state index in [0.29, 0.717) is 11.8 Å². The molecule has 2 aromatic carbocycles. The van der Waals surface area contributed by atoms with Gasteiger partial charge in [0, 0.05) is 28.9 Å². The molecule has 4 heterocycles. The number of hydrogen-bond donors (Lipinski definition) is 0. The second-order valence-corrected chi connectivity index (χ2v) is 9.68. The van der Waals surface area contributed by atoms with Crippen molar-refractivity contribution in [1.29, 1.82) is 0 Å². The van der Waals surface area contributed by atoms with Gasteiger partial charge in [-0.05, 0) is 57.6 Å². The number of aromatic nitrogens is 4. The van der Waals surface area contributed by atoms with Gasteiger partial charge in [0.05, 0.1) is 12.4 Å². The second kappa shape index (κ2) is 8.10. The van der Waals surface area contributed by atoms with Gasteiger partial charge in [-0.25, -0.2) is 9.97 Å². The van der Waals surface area contributed by atoms with Gasteiger partial charge < -0.3 is 8.83 Å². The van der Waals surface area contributed by atoms with E-state index in [1.165, 1.54) is 22.3 Å². The molecule has 0 fully saturated rings. The molecule has 7 rings (SSSR count). The molecule has 0 bridgehead atoms. The SMILES string of the molecule is CC1(C)c2cc(-c3ccc(-c4ncco4)nc3)ccc2-c2ccc(-c3ccc(-c4ncco4)nc3)cc21. The van der Waals surface area contributed by atoms with Crippen LogP contribution in [-0.4, -0.2) is 19.9 Å². The van der Waals surface area contributed by atoms with Gasteiger partial charge in [-0.2, -0.15) is 0 Å². The minimum absolute atomic E-state index is 0.145. The van der Waals surface area contributed by atoms with E-state index >= 15 is 0 Å². The zero-order valence-electron chi connectivity index (χ0n) is 20.3. The molecule has 0 aliphatic heterocycles. The highest BCUT2D eigenvalue weighted by atomic mass is 16.3. The summed E-state index contributed by atoms with van der Waals surface area (Å²) in [5.74, 6) is 1.05. The van der Waals surface area contributed by atoms with Gasteiger partial charge in [0.1, 0.15) is 23.9 Å². The van der Waals surface area contributed by atoms with Gasteiger partial charge in [0.15, 0.2) is 0 Å². The summed E-state index contributed by atoms with van der Waals surface area (Å²) in [7, 11) is 0. The zero-order valence-corrected chi connectivity index (χ0v) is 20.3. The van der Waals surface area contributed by atoms with E-state index < -0.39 is 0 Å². The third-order valence-corrected chi connectivity index (χ3v) is 7.17. The van der Waals surface area contributed by atoms with Gasteiger partial charge in [-0.15, -0.1) is 0 Å². The molecule has 0 saturated heterocycles. The van der Waals surface area contributed by atoms with Crippen LogP contribution in [0.5, 0.6) is 0 Å². The van der Waals surface area contributed by atoms with Crippen LogP contribution in [0.15, 0.2) is 107 Å². The Bertz CT molecular complexity index is 1590. The fraction of sp³-hybridized carbons (Fsp3) is 0.0968. The number of oxazole rings is 2. The summed E-state index contributed by atoms with van der Waals surface area (Å²) in [4.78, 5) is 17.5. The number of nitrogens with zero attached hydrogens (tertiary/aromatic N) is 4. The van der Waals surface area contributed by atoms with Crippen LogP contribution in [0.2, 0.25) is 0 Å². The zero-order chi connectivity index (χ0) is 25.0. The predicted octanol–water partition coefficient (Wildman–Crippen LogP) is 7.43. The maximum absolute atomic E-state index is 5.37. The standard InChI is InChI=1S/C31H22N4O2/c1-31(2)25-15-19(21-5-9-27(34-17-21)29-32-11-13-36-29)3-7-23(25)24-8-4-20(16-26(24)31)22-6-10-28(35-18-22)30-33-12-14-37-30/h3-18H,1-2H3. The van der Waals surface area contributed by atoms with Crippen LogP contribution < -0.4 is 0 Å². The smallest absolute Gasteiger partial charge is 0.244 e. The first-order chi connectivity index (χ1) is 18.1. The quantitative estimate of drug-likeness (QED) is 0.260. The fourth-order valence-corrected chi connectivity index (χ4v) is 5.18. The molecule has 0 atom stereocenters. The molecule has 6 heteroatoms. The summed E-state index contributed by atoms with van der Waals surface area (Å²) in [5.41, 5.74) is 10.9. The first-order valence-electron chi connectivity index (χ1n) is 12.1. The Hall–Kier alpha value is -4.84. The van der Waals surface area contributed by atoms with Crippen molar-refractivity contribution < 1.29 is 8.83 Å². The molecule has 1 aliphatic carbocycles. The van der Waals surface area contributed by atoms with Crippen LogP contribution in [0.4, 0.5) is 0 Å². The van der Waals surface area contributed by atoms with Gasteiger partial charge in [0.2, 0.25) is 11.8 Å². The first kappa shape index (κ1) is 21.4. The van der Waals surface area contributed by atoms with Crippen LogP contribution in [-0.2, 0) is 5.41 Å². The molecule has 37 heavy (non-hydrogen) atoms. The van der Waals surface area contributed by atoms with E-state index in [2.05, 4.69) is 82.3 Å². The fourth-order valence-electron chi connectivity index (χ4n) is 5.18. The van der Waals surface area contributed by atoms with E-state index in [9.17, 15) is 0 Å². The Morgan fingerprint density at radius 3 is 1.38 bits per heavy atom. The van der Waals surface area contributed by atoms with Crippen LogP contribution in [0, 0.1) is 0 Å². The van der Waals surface area contributed by atoms with E-state index in [1.807, 2.05) is 24.5 Å². The normalized spacial score (nSPS) is 13.4. The topological polar surface area (TPSA) is 77.8 Å². The summed E-state index contributed by atoms with van der Waals surface area (Å²) < 4.78 is 10.7. The summed E-state index contributed by atoms with van der Waals surface area (Å²) in [6.07, 6.45) is 10.1. The Morgan fingerprint density at radius 2 is 1.00 bits per heavy atom. The highest BCUT2D eigenvalue weighted by Crippen LogP contribution is 2.50. The maximum atomic E-state index is 5.37. The van der Waals surface area contributed by atoms with Crippen LogP contribution >= 0.6 is 0 Å². The van der Waals surface area contributed by atoms with E-state index in [4.69, 9.17) is 8.83 Å². The summed E-state index contributed by atoms with van der Waals surface area (Å²) >= 11 is 0. The molecule has 0 amide bonds. The lowest BCUT2D eigenvalue weighted by Crippen LogP contribution is -2.15. The molecule has 0 unspecified atom stereocenters. The lowest BCUT2D eigenvalue weighted by Gasteiger charge is -2.22. The lowest BCUT2D eigenvalue weighted by atomic mass is 9.81. The molecule has 0 N–H and O–H groups in total. The molecular weight excluding hydrogens is 460 g/mol. The van der Waals surface area contributed by atoms with Crippen molar-refractivity contribution in [2.45, 2.75) is 19.3 Å². The highest BCUT2D eigenvalue weighted by Gasteiger charge is 2.35. The number of pyridine rings is 2. The summed E-state index contributed by atoms with van der Waals surface area (Å²) in [6, 6.07) is 21.4. The Kier molecular flexibility index (Phi) is 4.69. The average molecular weight is 483 g/mol. The van der Waals surface area contributed by atoms with E-state index in [-0.39, 0.29) is 5.41 Å². The molecule has 4 aromatic heterocycles. The van der Waals surface area contributed by atoms with E-state index in [1.54, 1.807) is 24.9 Å². The third-order valence-electron chi connectivity index (χ3n) is 7.17. The minimum atomic E-state index is -0.145. The average Bonchev–Trinajstić information content (AvgIpc) is 3.71. The van der Waals surface area contributed by atoms with Gasteiger partial charge >= 0.3 is 0 Å². The van der Waals surface area contributed by atoms with Crippen molar-refractivity contribution in [3.8, 4) is 56.6 Å². The molecule has 6 nitrogen and oxygen atoms in total. The van der Waals surface area contributed by atoms with Crippen molar-refractivity contribution in [2.75, 3.05) is 0 Å². The van der Waals surface area contributed by atoms with Crippen molar-refractivity contribution in [2.24, 2.45) is 0 Å². The van der Waals surface area contributed by atoms with Gasteiger partial charge in [-0.3, -0.25) is 9.97 Å². The Balaban J connectivity index is 1.22. The molecule has 6 aromatic rings. The predicted molar refractivity (Wildman–Crippen MR) is 141 cm³/mol. The maximum Gasteiger partial charge on any atom is 0.244 e. The molecule has 178 valence electrons. The minimum Gasteiger partial charge on any atom is -0.443 e. The number of rotatable bonds is 4. The van der Waals surface area contributed by atoms with Crippen molar-refractivity contribution in [3.05, 3.63) is 109 Å². The number of hydrogen-bond acceptors (Lipinski definition) is 6. The van der Waals surface area contributed by atoms with Crippen LogP contribution in [0.25, 0.3) is 56.6 Å². The Labute approximate surface area is 213 Å². The van der Waals surface area contributed by atoms with E-state index in [0.717, 1.165) is 33.6 Å². The lowest BCUT2D eigenvalue weighted by molar-refractivity contribution is 0.572. The molecular formula is C31H22N4O2. The second-order valence-electron chi connectivity index (χ2n) is 9.68. The molecule has 1 aliphatic rings. The Morgan fingerprint density at radius 1 is 0.541 bits per heavy atom. The molecule has 0 spiro atoms. The molecule has 0 radical (unpaired) electrons. The summed E-state index contributed by atoms with van der Waals surface area (Å²) in [5, 5.41) is 0. The van der Waals surface area contributed by atoms with Gasteiger partial charge in [0.25, 0.3) is 0 Å². The van der Waals surface area contributed by atoms with Crippen LogP contribution in [0.3, 0.4) is 0 Å². The number of benzene rings is 2. The number of fused-ring (bicyclic) bond motifs is 3. The third kappa shape index (κ3) is 3.49. The van der Waals surface area contributed by atoms with Gasteiger partial charge in [-0.1, -0.05) is 50.2 Å². The monoisotopic (exact) mass is 482 g/mol. The van der Waals surface area contributed by atoms with Crippen molar-refractivity contribution in [1.82, 2.24) is 19.9 Å². The largest absolute Gasteiger partial charge is 0.443 e. The summed E-state index contributed by atoms with van der Waals surface area (Å²) in [6.45, 7) is 4.58. The molecule has 0 saturated carbocycles.